The van der Waals surface area contributed by atoms with Crippen LogP contribution < -0.4 is 0 Å². The zero-order valence-corrected chi connectivity index (χ0v) is 18.1. The number of amides is 1. The molecule has 2 aliphatic rings. The van der Waals surface area contributed by atoms with Gasteiger partial charge in [0, 0.05) is 31.4 Å². The van der Waals surface area contributed by atoms with E-state index in [1.807, 2.05) is 29.0 Å². The van der Waals surface area contributed by atoms with Crippen LogP contribution in [0, 0.1) is 5.92 Å². The van der Waals surface area contributed by atoms with Gasteiger partial charge in [-0.3, -0.25) is 4.79 Å². The normalized spacial score (nSPS) is 21.7. The first-order chi connectivity index (χ1) is 15.3. The number of hydrogen-bond acceptors (Lipinski definition) is 3. The van der Waals surface area contributed by atoms with Gasteiger partial charge in [-0.05, 0) is 42.5 Å². The molecule has 5 nitrogen and oxygen atoms in total. The van der Waals surface area contributed by atoms with Gasteiger partial charge in [0.05, 0.1) is 24.1 Å². The smallest absolute Gasteiger partial charge is 0.233 e. The lowest BCUT2D eigenvalue weighted by Gasteiger charge is -2.40. The third kappa shape index (κ3) is 3.99. The highest BCUT2D eigenvalue weighted by atomic mass is 16.5. The third-order valence-corrected chi connectivity index (χ3v) is 7.10. The largest absolute Gasteiger partial charge is 0.379 e. The van der Waals surface area contributed by atoms with Crippen molar-refractivity contribution in [3.05, 3.63) is 72.1 Å². The first-order valence-corrected chi connectivity index (χ1v) is 11.6. The minimum Gasteiger partial charge on any atom is -0.379 e. The molecule has 0 bridgehead atoms. The molecule has 2 aromatic heterocycles. The number of pyridine rings is 1. The molecule has 0 N–H and O–H groups in total. The van der Waals surface area contributed by atoms with Gasteiger partial charge in [0.25, 0.3) is 0 Å². The van der Waals surface area contributed by atoms with E-state index in [9.17, 15) is 4.79 Å². The van der Waals surface area contributed by atoms with E-state index in [1.54, 1.807) is 0 Å². The highest BCUT2D eigenvalue weighted by Crippen LogP contribution is 2.41. The molecule has 3 heterocycles. The number of nitrogens with zero attached hydrogens (tertiary/aromatic N) is 3. The summed E-state index contributed by atoms with van der Waals surface area (Å²) in [7, 11) is 0. The van der Waals surface area contributed by atoms with Gasteiger partial charge in [-0.15, -0.1) is 0 Å². The summed E-state index contributed by atoms with van der Waals surface area (Å²) >= 11 is 0. The Balaban J connectivity index is 1.39. The second-order valence-electron chi connectivity index (χ2n) is 9.10. The molecule has 1 aliphatic carbocycles. The van der Waals surface area contributed by atoms with Gasteiger partial charge >= 0.3 is 0 Å². The molecule has 3 aromatic rings. The molecule has 0 unspecified atom stereocenters. The highest BCUT2D eigenvalue weighted by molar-refractivity contribution is 5.88. The minimum atomic E-state index is -0.375. The lowest BCUT2D eigenvalue weighted by Crippen LogP contribution is -2.50. The molecule has 2 fully saturated rings. The number of benzene rings is 1. The van der Waals surface area contributed by atoms with E-state index in [4.69, 9.17) is 4.74 Å². The van der Waals surface area contributed by atoms with Crippen LogP contribution in [-0.4, -0.2) is 46.7 Å². The van der Waals surface area contributed by atoms with Gasteiger partial charge in [-0.25, -0.2) is 4.52 Å². The van der Waals surface area contributed by atoms with Gasteiger partial charge in [0.1, 0.15) is 0 Å². The Bertz CT molecular complexity index is 1020. The summed E-state index contributed by atoms with van der Waals surface area (Å²) in [6.45, 7) is 2.74. The average Bonchev–Trinajstić information content (AvgIpc) is 3.20. The Morgan fingerprint density at radius 3 is 2.74 bits per heavy atom. The zero-order chi connectivity index (χ0) is 21.1. The molecular formula is C26H31N3O2. The molecule has 1 atom stereocenters. The molecule has 0 radical (unpaired) electrons. The van der Waals surface area contributed by atoms with Crippen LogP contribution in [0.4, 0.5) is 0 Å². The molecule has 1 aliphatic heterocycles. The lowest BCUT2D eigenvalue weighted by atomic mass is 9.68. The Kier molecular flexibility index (Phi) is 5.77. The van der Waals surface area contributed by atoms with Crippen molar-refractivity contribution in [3.8, 4) is 0 Å². The van der Waals surface area contributed by atoms with Gasteiger partial charge in [-0.2, -0.15) is 5.10 Å². The number of hydrogen-bond donors (Lipinski definition) is 0. The third-order valence-electron chi connectivity index (χ3n) is 7.10. The first kappa shape index (κ1) is 20.3. The molecule has 31 heavy (non-hydrogen) atoms. The van der Waals surface area contributed by atoms with Crippen LogP contribution in [0.25, 0.3) is 5.52 Å². The second kappa shape index (κ2) is 8.83. The molecule has 5 rings (SSSR count). The molecule has 1 saturated carbocycles. The molecular weight excluding hydrogens is 386 g/mol. The summed E-state index contributed by atoms with van der Waals surface area (Å²) in [5.74, 6) is 0.584. The van der Waals surface area contributed by atoms with Crippen molar-refractivity contribution in [2.45, 2.75) is 43.9 Å². The van der Waals surface area contributed by atoms with Crippen LogP contribution in [0.1, 0.15) is 43.2 Å². The van der Waals surface area contributed by atoms with Crippen LogP contribution >= 0.6 is 0 Å². The Morgan fingerprint density at radius 2 is 1.90 bits per heavy atom. The predicted octanol–water partition coefficient (Wildman–Crippen LogP) is 4.25. The number of ether oxygens (including phenoxy) is 1. The van der Waals surface area contributed by atoms with Crippen molar-refractivity contribution < 1.29 is 9.53 Å². The van der Waals surface area contributed by atoms with Crippen molar-refractivity contribution >= 4 is 11.4 Å². The fourth-order valence-electron chi connectivity index (χ4n) is 5.53. The Hall–Kier alpha value is -2.66. The maximum atomic E-state index is 14.1. The molecule has 1 amide bonds. The van der Waals surface area contributed by atoms with Gasteiger partial charge in [0.15, 0.2) is 0 Å². The standard InChI is InChI=1S/C26H31N3O2/c30-25(26(12-5-2-6-13-26)23-9-3-1-4-10-23)28-16-17-31-20-21(19-28)18-22-8-7-15-29-24(22)11-14-27-29/h1,3-4,7-11,14-15,21H,2,5-6,12-13,16-20H2/t21-/m1/s1. The molecule has 162 valence electrons. The summed E-state index contributed by atoms with van der Waals surface area (Å²) in [5.41, 5.74) is 3.21. The quantitative estimate of drug-likeness (QED) is 0.637. The van der Waals surface area contributed by atoms with Crippen LogP contribution in [0.15, 0.2) is 60.9 Å². The topological polar surface area (TPSA) is 46.8 Å². The summed E-state index contributed by atoms with van der Waals surface area (Å²) < 4.78 is 7.88. The molecule has 1 aromatic carbocycles. The lowest BCUT2D eigenvalue weighted by molar-refractivity contribution is -0.139. The van der Waals surface area contributed by atoms with E-state index in [1.165, 1.54) is 17.5 Å². The van der Waals surface area contributed by atoms with E-state index < -0.39 is 0 Å². The first-order valence-electron chi connectivity index (χ1n) is 11.6. The summed E-state index contributed by atoms with van der Waals surface area (Å²) in [4.78, 5) is 16.2. The fraction of sp³-hybridized carbons (Fsp3) is 0.462. The maximum absolute atomic E-state index is 14.1. The van der Waals surface area contributed by atoms with Crippen LogP contribution in [0.3, 0.4) is 0 Å². The monoisotopic (exact) mass is 417 g/mol. The SMILES string of the molecule is O=C(N1CCOC[C@H](Cc2cccn3nccc23)C1)C1(c2ccccc2)CCCCC1. The van der Waals surface area contributed by atoms with Crippen LogP contribution in [-0.2, 0) is 21.4 Å². The summed E-state index contributed by atoms with van der Waals surface area (Å²) in [5, 5.41) is 4.36. The van der Waals surface area contributed by atoms with Gasteiger partial charge in [-0.1, -0.05) is 55.7 Å². The van der Waals surface area contributed by atoms with E-state index in [0.29, 0.717) is 25.7 Å². The molecule has 1 saturated heterocycles. The van der Waals surface area contributed by atoms with Gasteiger partial charge in [0.2, 0.25) is 5.91 Å². The number of carbonyl (C=O) groups excluding carboxylic acids is 1. The summed E-state index contributed by atoms with van der Waals surface area (Å²) in [6.07, 6.45) is 10.1. The average molecular weight is 418 g/mol. The maximum Gasteiger partial charge on any atom is 0.233 e. The number of fused-ring (bicyclic) bond motifs is 1. The van der Waals surface area contributed by atoms with Crippen molar-refractivity contribution in [1.82, 2.24) is 14.5 Å². The summed E-state index contributed by atoms with van der Waals surface area (Å²) in [6, 6.07) is 16.7. The molecule has 5 heteroatoms. The molecule has 0 spiro atoms. The van der Waals surface area contributed by atoms with E-state index >= 15 is 0 Å². The van der Waals surface area contributed by atoms with Gasteiger partial charge < -0.3 is 9.64 Å². The van der Waals surface area contributed by atoms with Crippen molar-refractivity contribution in [3.63, 3.8) is 0 Å². The Labute approximate surface area is 184 Å². The van der Waals surface area contributed by atoms with E-state index in [0.717, 1.165) is 44.2 Å². The van der Waals surface area contributed by atoms with Crippen molar-refractivity contribution in [1.29, 1.82) is 0 Å². The number of rotatable bonds is 4. The number of aromatic nitrogens is 2. The second-order valence-corrected chi connectivity index (χ2v) is 9.10. The van der Waals surface area contributed by atoms with E-state index in [-0.39, 0.29) is 11.3 Å². The highest BCUT2D eigenvalue weighted by Gasteiger charge is 2.44. The fourth-order valence-corrected chi connectivity index (χ4v) is 5.53. The van der Waals surface area contributed by atoms with Crippen molar-refractivity contribution in [2.75, 3.05) is 26.3 Å². The number of carbonyl (C=O) groups is 1. The van der Waals surface area contributed by atoms with Crippen molar-refractivity contribution in [2.24, 2.45) is 5.92 Å². The van der Waals surface area contributed by atoms with E-state index in [2.05, 4.69) is 46.4 Å². The van der Waals surface area contributed by atoms with Crippen LogP contribution in [0.2, 0.25) is 0 Å². The predicted molar refractivity (Wildman–Crippen MR) is 121 cm³/mol. The minimum absolute atomic E-state index is 0.281. The zero-order valence-electron chi connectivity index (χ0n) is 18.1. The van der Waals surface area contributed by atoms with Crippen LogP contribution in [0.5, 0.6) is 0 Å². The Morgan fingerprint density at radius 1 is 1.06 bits per heavy atom.